The molecule has 0 saturated heterocycles. The number of aromatic nitrogens is 4. The molecule has 8 nitrogen and oxygen atoms in total. The van der Waals surface area contributed by atoms with Crippen molar-refractivity contribution >= 4 is 22.8 Å². The van der Waals surface area contributed by atoms with Crippen LogP contribution in [-0.4, -0.2) is 63.2 Å². The van der Waals surface area contributed by atoms with Gasteiger partial charge in [0, 0.05) is 37.3 Å². The smallest absolute Gasteiger partial charge is 0.221 e. The fourth-order valence-electron chi connectivity index (χ4n) is 3.60. The summed E-state index contributed by atoms with van der Waals surface area (Å²) in [6.45, 7) is 5.81. The van der Waals surface area contributed by atoms with Gasteiger partial charge in [-0.25, -0.2) is 9.97 Å². The van der Waals surface area contributed by atoms with Crippen molar-refractivity contribution in [3.63, 3.8) is 0 Å². The number of rotatable bonds is 9. The van der Waals surface area contributed by atoms with Gasteiger partial charge in [0.1, 0.15) is 12.1 Å². The monoisotopic (exact) mass is 385 g/mol. The van der Waals surface area contributed by atoms with Crippen LogP contribution in [0.2, 0.25) is 0 Å². The Morgan fingerprint density at radius 1 is 1.36 bits per heavy atom. The number of likely N-dealkylation sites (N-methyl/N-ethyl adjacent to an activating group) is 1. The Labute approximate surface area is 166 Å². The number of carbonyl (C=O) groups is 1. The van der Waals surface area contributed by atoms with Crippen molar-refractivity contribution in [1.82, 2.24) is 30.4 Å². The van der Waals surface area contributed by atoms with Crippen molar-refractivity contribution in [2.75, 3.05) is 25.5 Å². The normalized spacial score (nSPS) is 18.3. The van der Waals surface area contributed by atoms with E-state index < -0.39 is 0 Å². The molecule has 0 radical (unpaired) electrons. The zero-order chi connectivity index (χ0) is 19.9. The van der Waals surface area contributed by atoms with Crippen LogP contribution in [0.3, 0.4) is 0 Å². The largest absolute Gasteiger partial charge is 0.369 e. The Hall–Kier alpha value is -2.48. The van der Waals surface area contributed by atoms with Crippen LogP contribution in [0.1, 0.15) is 44.7 Å². The Morgan fingerprint density at radius 2 is 2.21 bits per heavy atom. The molecule has 2 aromatic heterocycles. The van der Waals surface area contributed by atoms with Crippen LogP contribution in [0.25, 0.3) is 11.0 Å². The van der Waals surface area contributed by atoms with E-state index in [0.717, 1.165) is 55.7 Å². The van der Waals surface area contributed by atoms with Crippen LogP contribution in [0.15, 0.2) is 18.5 Å². The first kappa shape index (κ1) is 20.3. The number of unbranched alkanes of at least 4 members (excludes halogenated alkanes) is 1. The molecule has 0 saturated carbocycles. The first-order valence-corrected chi connectivity index (χ1v) is 10.1. The molecule has 152 valence electrons. The number of amides is 1. The fourth-order valence-corrected chi connectivity index (χ4v) is 3.60. The molecule has 1 aliphatic rings. The molecule has 2 atom stereocenters. The number of anilines is 1. The van der Waals surface area contributed by atoms with Gasteiger partial charge in [0.25, 0.3) is 0 Å². The first-order chi connectivity index (χ1) is 13.5. The maximum atomic E-state index is 12.3. The minimum atomic E-state index is 0.150. The van der Waals surface area contributed by atoms with Crippen LogP contribution in [0.4, 0.5) is 5.82 Å². The van der Waals surface area contributed by atoms with Gasteiger partial charge in [0.2, 0.25) is 5.91 Å². The van der Waals surface area contributed by atoms with E-state index >= 15 is 0 Å². The number of carbonyl (C=O) groups excluding carboxylic acids is 1. The second-order valence-electron chi connectivity index (χ2n) is 7.67. The molecule has 2 unspecified atom stereocenters. The molecule has 0 aliphatic carbocycles. The summed E-state index contributed by atoms with van der Waals surface area (Å²) in [4.78, 5) is 23.0. The van der Waals surface area contributed by atoms with Gasteiger partial charge in [0.15, 0.2) is 5.65 Å². The Morgan fingerprint density at radius 3 is 3.04 bits per heavy atom. The van der Waals surface area contributed by atoms with Crippen LogP contribution in [-0.2, 0) is 4.79 Å². The van der Waals surface area contributed by atoms with E-state index in [0.29, 0.717) is 18.1 Å². The summed E-state index contributed by atoms with van der Waals surface area (Å²) in [5.41, 5.74) is 1.65. The molecule has 0 spiro atoms. The standard InChI is InChI=1S/C20H31N7O/c1-14(24-17(28)12-16-9-5-7-11-27(16)3)8-4-6-10-21-19-18-15(2)25-26-20(18)23-13-22-19/h5,7,13-14,16H,4,6,8-12H2,1-3H3,(H,24,28)(H2,21,22,23,25,26). The molecule has 8 heteroatoms. The van der Waals surface area contributed by atoms with E-state index in [1.54, 1.807) is 0 Å². The molecule has 0 bridgehead atoms. The number of H-pyrrole nitrogens is 1. The molecule has 3 rings (SSSR count). The van der Waals surface area contributed by atoms with Crippen LogP contribution >= 0.6 is 0 Å². The lowest BCUT2D eigenvalue weighted by molar-refractivity contribution is -0.122. The van der Waals surface area contributed by atoms with E-state index in [-0.39, 0.29) is 11.9 Å². The minimum Gasteiger partial charge on any atom is -0.369 e. The maximum Gasteiger partial charge on any atom is 0.221 e. The third-order valence-corrected chi connectivity index (χ3v) is 5.31. The summed E-state index contributed by atoms with van der Waals surface area (Å²) in [5.74, 6) is 0.972. The van der Waals surface area contributed by atoms with Gasteiger partial charge in [-0.1, -0.05) is 12.2 Å². The van der Waals surface area contributed by atoms with Gasteiger partial charge < -0.3 is 10.6 Å². The highest BCUT2D eigenvalue weighted by Gasteiger charge is 2.19. The second-order valence-corrected chi connectivity index (χ2v) is 7.67. The predicted molar refractivity (Wildman–Crippen MR) is 111 cm³/mol. The lowest BCUT2D eigenvalue weighted by Crippen LogP contribution is -2.40. The van der Waals surface area contributed by atoms with Crippen molar-refractivity contribution in [2.45, 2.75) is 58.0 Å². The lowest BCUT2D eigenvalue weighted by Gasteiger charge is -2.29. The fraction of sp³-hybridized carbons (Fsp3) is 0.600. The first-order valence-electron chi connectivity index (χ1n) is 10.1. The summed E-state index contributed by atoms with van der Waals surface area (Å²) >= 11 is 0. The molecule has 3 N–H and O–H groups in total. The molecule has 2 aromatic rings. The molecular weight excluding hydrogens is 354 g/mol. The van der Waals surface area contributed by atoms with E-state index in [2.05, 4.69) is 61.8 Å². The van der Waals surface area contributed by atoms with Gasteiger partial charge in [-0.15, -0.1) is 0 Å². The number of nitrogens with zero attached hydrogens (tertiary/aromatic N) is 4. The highest BCUT2D eigenvalue weighted by Crippen LogP contribution is 2.20. The number of aromatic amines is 1. The predicted octanol–water partition coefficient (Wildman–Crippen LogP) is 2.40. The number of nitrogens with one attached hydrogen (secondary N) is 3. The molecule has 3 heterocycles. The molecule has 1 amide bonds. The van der Waals surface area contributed by atoms with Crippen LogP contribution in [0, 0.1) is 6.92 Å². The van der Waals surface area contributed by atoms with Crippen LogP contribution < -0.4 is 10.6 Å². The van der Waals surface area contributed by atoms with Crippen LogP contribution in [0.5, 0.6) is 0 Å². The molecule has 0 fully saturated rings. The van der Waals surface area contributed by atoms with E-state index in [4.69, 9.17) is 0 Å². The highest BCUT2D eigenvalue weighted by molar-refractivity contribution is 5.88. The molecular formula is C20H31N7O. The van der Waals surface area contributed by atoms with Gasteiger partial charge in [-0.3, -0.25) is 14.8 Å². The van der Waals surface area contributed by atoms with E-state index in [1.807, 2.05) is 6.92 Å². The zero-order valence-electron chi connectivity index (χ0n) is 17.0. The van der Waals surface area contributed by atoms with Crippen molar-refractivity contribution < 1.29 is 4.79 Å². The summed E-state index contributed by atoms with van der Waals surface area (Å²) < 4.78 is 0. The Kier molecular flexibility index (Phi) is 6.97. The highest BCUT2D eigenvalue weighted by atomic mass is 16.1. The lowest BCUT2D eigenvalue weighted by atomic mass is 10.0. The molecule has 0 aromatic carbocycles. The van der Waals surface area contributed by atoms with E-state index in [1.165, 1.54) is 6.33 Å². The van der Waals surface area contributed by atoms with Crippen molar-refractivity contribution in [1.29, 1.82) is 0 Å². The third kappa shape index (κ3) is 5.28. The van der Waals surface area contributed by atoms with Gasteiger partial charge >= 0.3 is 0 Å². The average molecular weight is 386 g/mol. The summed E-state index contributed by atoms with van der Waals surface area (Å²) in [6, 6.07) is 0.510. The Balaban J connectivity index is 1.34. The Bertz CT molecular complexity index is 816. The SMILES string of the molecule is Cc1[nH]nc2ncnc(NCCCCC(C)NC(=O)CC3CC=CCN3C)c12. The van der Waals surface area contributed by atoms with Gasteiger partial charge in [-0.05, 0) is 46.6 Å². The zero-order valence-corrected chi connectivity index (χ0v) is 17.0. The molecule has 1 aliphatic heterocycles. The van der Waals surface area contributed by atoms with Crippen molar-refractivity contribution in [2.24, 2.45) is 0 Å². The number of hydrogen-bond acceptors (Lipinski definition) is 6. The minimum absolute atomic E-state index is 0.150. The second kappa shape index (κ2) is 9.64. The quantitative estimate of drug-likeness (QED) is 0.453. The maximum absolute atomic E-state index is 12.3. The summed E-state index contributed by atoms with van der Waals surface area (Å²) in [7, 11) is 2.08. The van der Waals surface area contributed by atoms with Crippen molar-refractivity contribution in [3.05, 3.63) is 24.2 Å². The third-order valence-electron chi connectivity index (χ3n) is 5.31. The molecule has 28 heavy (non-hydrogen) atoms. The number of fused-ring (bicyclic) bond motifs is 1. The van der Waals surface area contributed by atoms with E-state index in [9.17, 15) is 4.79 Å². The average Bonchev–Trinajstić information content (AvgIpc) is 3.05. The topological polar surface area (TPSA) is 98.8 Å². The van der Waals surface area contributed by atoms with Crippen molar-refractivity contribution in [3.8, 4) is 0 Å². The number of hydrogen-bond donors (Lipinski definition) is 3. The summed E-state index contributed by atoms with van der Waals surface area (Å²) in [6.07, 6.45) is 10.4. The summed E-state index contributed by atoms with van der Waals surface area (Å²) in [5, 5.41) is 14.6. The number of aryl methyl sites for hydroxylation is 1. The van der Waals surface area contributed by atoms with Gasteiger partial charge in [-0.2, -0.15) is 5.10 Å². The van der Waals surface area contributed by atoms with Gasteiger partial charge in [0.05, 0.1) is 5.39 Å².